The number of hydrogen-bond acceptors (Lipinski definition) is 15. The molecule has 2 fully saturated rings. The minimum Gasteiger partial charge on any atom is -0.462 e. The van der Waals surface area contributed by atoms with Gasteiger partial charge in [-0.05, 0) is 83.5 Å². The summed E-state index contributed by atoms with van der Waals surface area (Å²) in [5.41, 5.74) is 0. The molecule has 15 nitrogen and oxygen atoms in total. The SMILES string of the molecule is CC/C=C\C/C=C\C/C=C\C/C=C\CCCCCCCCCCCCC(=O)OC(COC(=O)CCCCCCCCCCC/C=C\C/C=C\CCCCCCC)COC1OC(COC2OC(CO)C(O)C(O)C2O)C(O)C(O)C1O. The van der Waals surface area contributed by atoms with Gasteiger partial charge in [-0.15, -0.1) is 0 Å². The van der Waals surface area contributed by atoms with E-state index < -0.39 is 92.7 Å². The summed E-state index contributed by atoms with van der Waals surface area (Å²) in [6.45, 7) is 2.49. The first-order chi connectivity index (χ1) is 39.0. The lowest BCUT2D eigenvalue weighted by Crippen LogP contribution is -2.61. The Bertz CT molecular complexity index is 1660. The summed E-state index contributed by atoms with van der Waals surface area (Å²) < 4.78 is 33.8. The van der Waals surface area contributed by atoms with Gasteiger partial charge in [-0.3, -0.25) is 9.59 Å². The molecule has 0 radical (unpaired) electrons. The van der Waals surface area contributed by atoms with E-state index in [4.69, 9.17) is 28.4 Å². The fraction of sp³-hybridized carbons (Fsp3) is 0.785. The Morgan fingerprint density at radius 1 is 0.412 bits per heavy atom. The van der Waals surface area contributed by atoms with Crippen molar-refractivity contribution in [3.63, 3.8) is 0 Å². The smallest absolute Gasteiger partial charge is 0.306 e. The van der Waals surface area contributed by atoms with Crippen molar-refractivity contribution in [3.8, 4) is 0 Å². The van der Waals surface area contributed by atoms with Gasteiger partial charge in [0.1, 0.15) is 55.4 Å². The number of hydrogen-bond donors (Lipinski definition) is 7. The minimum atomic E-state index is -1.77. The highest BCUT2D eigenvalue weighted by molar-refractivity contribution is 5.70. The molecule has 2 heterocycles. The Morgan fingerprint density at radius 3 is 1.24 bits per heavy atom. The highest BCUT2D eigenvalue weighted by atomic mass is 16.7. The Labute approximate surface area is 483 Å². The lowest BCUT2D eigenvalue weighted by molar-refractivity contribution is -0.332. The van der Waals surface area contributed by atoms with Crippen molar-refractivity contribution >= 4 is 11.9 Å². The van der Waals surface area contributed by atoms with Gasteiger partial charge in [0.25, 0.3) is 0 Å². The molecule has 0 bridgehead atoms. The molecule has 11 unspecified atom stereocenters. The first-order valence-corrected chi connectivity index (χ1v) is 31.5. The standard InChI is InChI=1S/C65H112O15/c1-3-5-7-9-11-13-15-17-19-21-23-25-26-28-30-32-34-36-38-40-42-44-46-48-57(68)78-53(51-76-64-63(74)61(72)59(70)55(80-64)52-77-65-62(73)60(71)58(69)54(49-66)79-65)50-75-56(67)47-45-43-41-39-37-35-33-31-29-27-24-22-20-18-16-14-12-10-8-6-4-2/h5,7,11,13,16-19,22-25,53-55,58-66,69-74H,3-4,6,8-10,12,14-15,20-21,26-52H2,1-2H3/b7-5-,13-11-,18-16-,19-17-,24-22-,25-23-. The van der Waals surface area contributed by atoms with Crippen LogP contribution in [0, 0.1) is 0 Å². The van der Waals surface area contributed by atoms with Crippen LogP contribution in [0.4, 0.5) is 0 Å². The maximum absolute atomic E-state index is 13.1. The molecule has 11 atom stereocenters. The first kappa shape index (κ1) is 73.0. The molecule has 2 aliphatic rings. The molecule has 0 aromatic heterocycles. The van der Waals surface area contributed by atoms with Gasteiger partial charge < -0.3 is 64.2 Å². The third kappa shape index (κ3) is 36.5. The number of aliphatic hydroxyl groups is 7. The zero-order valence-corrected chi connectivity index (χ0v) is 49.5. The van der Waals surface area contributed by atoms with Gasteiger partial charge in [0, 0.05) is 12.8 Å². The van der Waals surface area contributed by atoms with Crippen LogP contribution in [0.5, 0.6) is 0 Å². The van der Waals surface area contributed by atoms with Gasteiger partial charge in [-0.2, -0.15) is 0 Å². The lowest BCUT2D eigenvalue weighted by atomic mass is 9.98. The number of esters is 2. The molecule has 2 saturated heterocycles. The molecule has 0 aromatic rings. The quantitative estimate of drug-likeness (QED) is 0.0171. The number of carbonyl (C=O) groups excluding carboxylic acids is 2. The van der Waals surface area contributed by atoms with Crippen molar-refractivity contribution in [1.29, 1.82) is 0 Å². The topological polar surface area (TPSA) is 231 Å². The molecule has 0 saturated carbocycles. The molecule has 2 aliphatic heterocycles. The Morgan fingerprint density at radius 2 is 0.787 bits per heavy atom. The monoisotopic (exact) mass is 1130 g/mol. The van der Waals surface area contributed by atoms with Crippen molar-refractivity contribution in [2.75, 3.05) is 26.4 Å². The Balaban J connectivity index is 1.72. The molecule has 0 aliphatic carbocycles. The average molecular weight is 1130 g/mol. The van der Waals surface area contributed by atoms with Crippen LogP contribution in [0.25, 0.3) is 0 Å². The zero-order valence-electron chi connectivity index (χ0n) is 49.5. The third-order valence-corrected chi connectivity index (χ3v) is 14.7. The summed E-state index contributed by atoms with van der Waals surface area (Å²) in [6.07, 6.45) is 46.2. The van der Waals surface area contributed by atoms with E-state index in [0.717, 1.165) is 89.9 Å². The van der Waals surface area contributed by atoms with Crippen molar-refractivity contribution < 1.29 is 73.8 Å². The minimum absolute atomic E-state index is 0.156. The van der Waals surface area contributed by atoms with Crippen LogP contribution in [0.15, 0.2) is 72.9 Å². The molecular weight excluding hydrogens is 1020 g/mol. The fourth-order valence-corrected chi connectivity index (χ4v) is 9.59. The van der Waals surface area contributed by atoms with E-state index in [1.165, 1.54) is 103 Å². The second kappa shape index (κ2) is 50.5. The zero-order chi connectivity index (χ0) is 58.1. The summed E-state index contributed by atoms with van der Waals surface area (Å²) in [4.78, 5) is 26.0. The highest BCUT2D eigenvalue weighted by Gasteiger charge is 2.47. The lowest BCUT2D eigenvalue weighted by Gasteiger charge is -2.42. The van der Waals surface area contributed by atoms with Gasteiger partial charge in [0.05, 0.1) is 19.8 Å². The summed E-state index contributed by atoms with van der Waals surface area (Å²) >= 11 is 0. The number of rotatable bonds is 50. The van der Waals surface area contributed by atoms with E-state index in [9.17, 15) is 45.3 Å². The predicted octanol–water partition coefficient (Wildman–Crippen LogP) is 11.7. The van der Waals surface area contributed by atoms with Gasteiger partial charge in [-0.1, -0.05) is 209 Å². The van der Waals surface area contributed by atoms with Crippen LogP contribution in [0.1, 0.15) is 232 Å². The second-order valence-corrected chi connectivity index (χ2v) is 21.9. The summed E-state index contributed by atoms with van der Waals surface area (Å²) in [5.74, 6) is -0.932. The number of allylic oxidation sites excluding steroid dienone is 12. The van der Waals surface area contributed by atoms with Crippen LogP contribution in [-0.4, -0.2) is 142 Å². The van der Waals surface area contributed by atoms with E-state index in [0.29, 0.717) is 12.8 Å². The molecular formula is C65H112O15. The fourth-order valence-electron chi connectivity index (χ4n) is 9.59. The van der Waals surface area contributed by atoms with Crippen molar-refractivity contribution in [2.24, 2.45) is 0 Å². The first-order valence-electron chi connectivity index (χ1n) is 31.5. The molecule has 2 rings (SSSR count). The number of aliphatic hydroxyl groups excluding tert-OH is 7. The normalized spacial score (nSPS) is 24.2. The predicted molar refractivity (Wildman–Crippen MR) is 316 cm³/mol. The van der Waals surface area contributed by atoms with Crippen LogP contribution >= 0.6 is 0 Å². The van der Waals surface area contributed by atoms with E-state index in [1.54, 1.807) is 0 Å². The van der Waals surface area contributed by atoms with E-state index in [-0.39, 0.29) is 26.1 Å². The third-order valence-electron chi connectivity index (χ3n) is 14.7. The molecule has 15 heteroatoms. The summed E-state index contributed by atoms with van der Waals surface area (Å²) in [5, 5.41) is 72.4. The largest absolute Gasteiger partial charge is 0.462 e. The van der Waals surface area contributed by atoms with E-state index >= 15 is 0 Å². The summed E-state index contributed by atoms with van der Waals surface area (Å²) in [7, 11) is 0. The molecule has 7 N–H and O–H groups in total. The van der Waals surface area contributed by atoms with Crippen LogP contribution in [0.2, 0.25) is 0 Å². The molecule has 80 heavy (non-hydrogen) atoms. The van der Waals surface area contributed by atoms with Crippen LogP contribution < -0.4 is 0 Å². The van der Waals surface area contributed by atoms with Crippen molar-refractivity contribution in [1.82, 2.24) is 0 Å². The van der Waals surface area contributed by atoms with Gasteiger partial charge in [-0.25, -0.2) is 0 Å². The summed E-state index contributed by atoms with van der Waals surface area (Å²) in [6, 6.07) is 0. The average Bonchev–Trinajstić information content (AvgIpc) is 3.52. The number of unbranched alkanes of at least 4 members (excludes halogenated alkanes) is 24. The van der Waals surface area contributed by atoms with Crippen molar-refractivity contribution in [2.45, 2.75) is 300 Å². The maximum Gasteiger partial charge on any atom is 0.306 e. The van der Waals surface area contributed by atoms with Gasteiger partial charge in [0.2, 0.25) is 0 Å². The Hall–Kier alpha value is -3.06. The van der Waals surface area contributed by atoms with E-state index in [2.05, 4.69) is 86.8 Å². The van der Waals surface area contributed by atoms with Gasteiger partial charge in [0.15, 0.2) is 18.7 Å². The van der Waals surface area contributed by atoms with Crippen LogP contribution in [-0.2, 0) is 38.0 Å². The number of carbonyl (C=O) groups is 2. The van der Waals surface area contributed by atoms with E-state index in [1.807, 2.05) is 0 Å². The van der Waals surface area contributed by atoms with Crippen LogP contribution in [0.3, 0.4) is 0 Å². The molecule has 0 spiro atoms. The second-order valence-electron chi connectivity index (χ2n) is 21.9. The van der Waals surface area contributed by atoms with Crippen molar-refractivity contribution in [3.05, 3.63) is 72.9 Å². The molecule has 0 amide bonds. The highest BCUT2D eigenvalue weighted by Crippen LogP contribution is 2.27. The van der Waals surface area contributed by atoms with Gasteiger partial charge >= 0.3 is 11.9 Å². The molecule has 0 aromatic carbocycles. The Kier molecular flexibility index (Phi) is 46.1. The number of ether oxygens (including phenoxy) is 6. The maximum atomic E-state index is 13.1. The molecule has 462 valence electrons.